The van der Waals surface area contributed by atoms with Gasteiger partial charge < -0.3 is 18.3 Å². The number of hydrogen-bond acceptors (Lipinski definition) is 7. The number of nitrogens with one attached hydrogen (secondary N) is 1. The number of hydrogen-bond donors (Lipinski definition) is 1. The van der Waals surface area contributed by atoms with Crippen LogP contribution in [0.15, 0.2) is 57.4 Å². The predicted octanol–water partition coefficient (Wildman–Crippen LogP) is 3.75. The van der Waals surface area contributed by atoms with Crippen LogP contribution in [0.5, 0.6) is 11.5 Å². The number of methoxy groups -OCH3 is 2. The van der Waals surface area contributed by atoms with E-state index in [-0.39, 0.29) is 11.9 Å². The third-order valence-corrected chi connectivity index (χ3v) is 3.93. The summed E-state index contributed by atoms with van der Waals surface area (Å²) in [5.41, 5.74) is 1.07. The average molecular weight is 365 g/mol. The highest BCUT2D eigenvalue weighted by Gasteiger charge is 2.17. The lowest BCUT2D eigenvalue weighted by Gasteiger charge is -2.08. The minimum atomic E-state index is -0.421. The quantitative estimate of drug-likeness (QED) is 0.575. The van der Waals surface area contributed by atoms with E-state index in [2.05, 4.69) is 15.5 Å². The van der Waals surface area contributed by atoms with Crippen molar-refractivity contribution in [1.82, 2.24) is 10.2 Å². The number of carbonyl (C=O) groups is 1. The summed E-state index contributed by atoms with van der Waals surface area (Å²) in [6, 6.07) is 14.1. The van der Waals surface area contributed by atoms with E-state index < -0.39 is 5.91 Å². The molecule has 0 atom stereocenters. The van der Waals surface area contributed by atoms with E-state index in [4.69, 9.17) is 18.3 Å². The Morgan fingerprint density at radius 3 is 2.56 bits per heavy atom. The smallest absolute Gasteiger partial charge is 0.322 e. The molecule has 0 unspecified atom stereocenters. The number of nitrogens with zero attached hydrogens (tertiary/aromatic N) is 2. The Kier molecular flexibility index (Phi) is 4.21. The van der Waals surface area contributed by atoms with E-state index in [9.17, 15) is 4.79 Å². The standard InChI is InChI=1S/C19H15N3O5/c1-24-14-8-7-12(10-15(14)25-2)17(23)20-19-22-21-18(27-19)16-9-11-5-3-4-6-13(11)26-16/h3-10H,1-2H3,(H,20,22,23). The number of aromatic nitrogens is 2. The van der Waals surface area contributed by atoms with E-state index in [1.807, 2.05) is 24.3 Å². The Labute approximate surface area is 153 Å². The summed E-state index contributed by atoms with van der Waals surface area (Å²) in [7, 11) is 3.02. The van der Waals surface area contributed by atoms with Crippen molar-refractivity contribution in [3.63, 3.8) is 0 Å². The van der Waals surface area contributed by atoms with Gasteiger partial charge in [0, 0.05) is 10.9 Å². The third-order valence-electron chi connectivity index (χ3n) is 3.93. The van der Waals surface area contributed by atoms with Crippen LogP contribution >= 0.6 is 0 Å². The van der Waals surface area contributed by atoms with Gasteiger partial charge in [-0.3, -0.25) is 10.1 Å². The minimum Gasteiger partial charge on any atom is -0.493 e. The zero-order valence-corrected chi connectivity index (χ0v) is 14.6. The first-order valence-electron chi connectivity index (χ1n) is 8.04. The number of carbonyl (C=O) groups excluding carboxylic acids is 1. The third kappa shape index (κ3) is 3.20. The molecule has 0 saturated carbocycles. The van der Waals surface area contributed by atoms with Crippen molar-refractivity contribution < 1.29 is 23.1 Å². The summed E-state index contributed by atoms with van der Waals surface area (Å²) in [5, 5.41) is 11.2. The molecule has 1 N–H and O–H groups in total. The van der Waals surface area contributed by atoms with Crippen LogP contribution in [0.3, 0.4) is 0 Å². The van der Waals surface area contributed by atoms with Gasteiger partial charge >= 0.3 is 6.01 Å². The molecule has 0 bridgehead atoms. The second-order valence-electron chi connectivity index (χ2n) is 5.58. The van der Waals surface area contributed by atoms with Crippen molar-refractivity contribution in [3.8, 4) is 23.1 Å². The predicted molar refractivity (Wildman–Crippen MR) is 97.0 cm³/mol. The second kappa shape index (κ2) is 6.83. The maximum Gasteiger partial charge on any atom is 0.322 e. The van der Waals surface area contributed by atoms with Crippen LogP contribution in [0.25, 0.3) is 22.6 Å². The number of amides is 1. The molecule has 8 nitrogen and oxygen atoms in total. The summed E-state index contributed by atoms with van der Waals surface area (Å²) in [4.78, 5) is 12.4. The molecule has 0 spiro atoms. The van der Waals surface area contributed by atoms with Crippen molar-refractivity contribution >= 4 is 22.9 Å². The Bertz CT molecular complexity index is 1080. The molecule has 4 aromatic rings. The van der Waals surface area contributed by atoms with Crippen molar-refractivity contribution in [2.24, 2.45) is 0 Å². The van der Waals surface area contributed by atoms with E-state index in [1.54, 1.807) is 24.3 Å². The lowest BCUT2D eigenvalue weighted by Crippen LogP contribution is -2.12. The summed E-state index contributed by atoms with van der Waals surface area (Å²) in [5.74, 6) is 1.15. The normalized spacial score (nSPS) is 10.7. The number of anilines is 1. The summed E-state index contributed by atoms with van der Waals surface area (Å²) >= 11 is 0. The molecule has 8 heteroatoms. The van der Waals surface area contributed by atoms with Crippen LogP contribution in [-0.4, -0.2) is 30.3 Å². The van der Waals surface area contributed by atoms with Gasteiger partial charge in [-0.2, -0.15) is 0 Å². The van der Waals surface area contributed by atoms with Gasteiger partial charge in [-0.1, -0.05) is 23.3 Å². The Hall–Kier alpha value is -3.81. The van der Waals surface area contributed by atoms with Gasteiger partial charge in [0.15, 0.2) is 17.3 Å². The van der Waals surface area contributed by atoms with Gasteiger partial charge in [-0.15, -0.1) is 5.10 Å². The lowest BCUT2D eigenvalue weighted by molar-refractivity contribution is 0.102. The first-order valence-corrected chi connectivity index (χ1v) is 8.04. The van der Waals surface area contributed by atoms with Crippen LogP contribution in [0.1, 0.15) is 10.4 Å². The van der Waals surface area contributed by atoms with Gasteiger partial charge in [0.2, 0.25) is 0 Å². The molecule has 0 saturated heterocycles. The average Bonchev–Trinajstić information content (AvgIpc) is 3.33. The molecule has 0 aliphatic rings. The van der Waals surface area contributed by atoms with Gasteiger partial charge in [-0.05, 0) is 30.3 Å². The summed E-state index contributed by atoms with van der Waals surface area (Å²) in [6.07, 6.45) is 0. The molecule has 27 heavy (non-hydrogen) atoms. The number of para-hydroxylation sites is 1. The van der Waals surface area contributed by atoms with Gasteiger partial charge in [0.25, 0.3) is 11.8 Å². The number of ether oxygens (including phenoxy) is 2. The Morgan fingerprint density at radius 1 is 0.963 bits per heavy atom. The second-order valence-corrected chi connectivity index (χ2v) is 5.58. The van der Waals surface area contributed by atoms with Crippen molar-refractivity contribution in [1.29, 1.82) is 0 Å². The monoisotopic (exact) mass is 365 g/mol. The number of furan rings is 1. The number of fused-ring (bicyclic) bond motifs is 1. The summed E-state index contributed by atoms with van der Waals surface area (Å²) < 4.78 is 21.5. The highest BCUT2D eigenvalue weighted by molar-refractivity contribution is 6.03. The van der Waals surface area contributed by atoms with Crippen molar-refractivity contribution in [2.75, 3.05) is 19.5 Å². The fourth-order valence-electron chi connectivity index (χ4n) is 2.61. The molecule has 0 aliphatic carbocycles. The zero-order chi connectivity index (χ0) is 18.8. The Balaban J connectivity index is 1.54. The molecular formula is C19H15N3O5. The molecule has 1 amide bonds. The topological polar surface area (TPSA) is 99.6 Å². The van der Waals surface area contributed by atoms with Gasteiger partial charge in [0.05, 0.1) is 14.2 Å². The van der Waals surface area contributed by atoms with E-state index >= 15 is 0 Å². The number of rotatable bonds is 5. The van der Waals surface area contributed by atoms with E-state index in [0.29, 0.717) is 28.4 Å². The minimum absolute atomic E-state index is 0.0368. The lowest BCUT2D eigenvalue weighted by atomic mass is 10.2. The molecule has 4 rings (SSSR count). The molecular weight excluding hydrogens is 350 g/mol. The molecule has 2 aromatic carbocycles. The molecule has 2 aromatic heterocycles. The molecule has 2 heterocycles. The van der Waals surface area contributed by atoms with E-state index in [0.717, 1.165) is 5.39 Å². The van der Waals surface area contributed by atoms with Crippen LogP contribution in [0, 0.1) is 0 Å². The molecule has 0 radical (unpaired) electrons. The SMILES string of the molecule is COc1ccc(C(=O)Nc2nnc(-c3cc4ccccc4o3)o2)cc1OC. The van der Waals surface area contributed by atoms with Crippen LogP contribution in [0.2, 0.25) is 0 Å². The van der Waals surface area contributed by atoms with Gasteiger partial charge in [-0.25, -0.2) is 0 Å². The van der Waals surface area contributed by atoms with Crippen molar-refractivity contribution in [3.05, 3.63) is 54.1 Å². The number of benzene rings is 2. The van der Waals surface area contributed by atoms with Crippen LogP contribution in [0.4, 0.5) is 6.01 Å². The first-order chi connectivity index (χ1) is 13.2. The molecule has 0 aliphatic heterocycles. The molecule has 136 valence electrons. The first kappa shape index (κ1) is 16.6. The van der Waals surface area contributed by atoms with Crippen molar-refractivity contribution in [2.45, 2.75) is 0 Å². The zero-order valence-electron chi connectivity index (χ0n) is 14.6. The van der Waals surface area contributed by atoms with E-state index in [1.165, 1.54) is 14.2 Å². The maximum absolute atomic E-state index is 12.4. The van der Waals surface area contributed by atoms with Crippen LogP contribution < -0.4 is 14.8 Å². The van der Waals surface area contributed by atoms with Crippen LogP contribution in [-0.2, 0) is 0 Å². The maximum atomic E-state index is 12.4. The fraction of sp³-hybridized carbons (Fsp3) is 0.105. The highest BCUT2D eigenvalue weighted by atomic mass is 16.5. The fourth-order valence-corrected chi connectivity index (χ4v) is 2.61. The summed E-state index contributed by atoms with van der Waals surface area (Å²) in [6.45, 7) is 0. The Morgan fingerprint density at radius 2 is 1.78 bits per heavy atom. The molecule has 0 fully saturated rings. The highest BCUT2D eigenvalue weighted by Crippen LogP contribution is 2.29. The van der Waals surface area contributed by atoms with Gasteiger partial charge in [0.1, 0.15) is 5.58 Å². The largest absolute Gasteiger partial charge is 0.493 e.